The summed E-state index contributed by atoms with van der Waals surface area (Å²) >= 11 is 0. The first kappa shape index (κ1) is 17.8. The number of hydrogen-bond donors (Lipinski definition) is 1. The smallest absolute Gasteiger partial charge is 0.161 e. The maximum absolute atomic E-state index is 12.4. The summed E-state index contributed by atoms with van der Waals surface area (Å²) in [5.74, 6) is 2.35. The molecule has 0 bridgehead atoms. The molecule has 0 spiro atoms. The summed E-state index contributed by atoms with van der Waals surface area (Å²) in [4.78, 5) is 15.1. The minimum Gasteiger partial charge on any atom is -0.504 e. The summed E-state index contributed by atoms with van der Waals surface area (Å²) in [6.45, 7) is 6.69. The number of carbonyl (C=O) groups is 1. The average Bonchev–Trinajstić information content (AvgIpc) is 3.42. The molecule has 0 radical (unpaired) electrons. The number of Topliss-reactive ketones (excluding diaryl/α,β-unsaturated/α-hetero) is 1. The van der Waals surface area contributed by atoms with E-state index in [4.69, 9.17) is 4.74 Å². The van der Waals surface area contributed by atoms with Gasteiger partial charge in [-0.1, -0.05) is 19.9 Å². The first-order chi connectivity index (χ1) is 12.5. The number of nitrogens with zero attached hydrogens (tertiary/aromatic N) is 1. The predicted molar refractivity (Wildman–Crippen MR) is 102 cm³/mol. The fraction of sp³-hybridized carbons (Fsp3) is 0.682. The van der Waals surface area contributed by atoms with Crippen molar-refractivity contribution in [3.05, 3.63) is 23.3 Å². The number of methoxy groups -OCH3 is 1. The van der Waals surface area contributed by atoms with Crippen LogP contribution in [0.2, 0.25) is 0 Å². The third kappa shape index (κ3) is 2.83. The normalized spacial score (nSPS) is 30.8. The van der Waals surface area contributed by atoms with Crippen LogP contribution in [0.1, 0.15) is 57.1 Å². The first-order valence-electron chi connectivity index (χ1n) is 10.1. The van der Waals surface area contributed by atoms with Gasteiger partial charge in [-0.2, -0.15) is 0 Å². The van der Waals surface area contributed by atoms with Crippen LogP contribution in [0.15, 0.2) is 12.1 Å². The van der Waals surface area contributed by atoms with E-state index in [1.54, 1.807) is 7.11 Å². The van der Waals surface area contributed by atoms with Crippen LogP contribution in [0.25, 0.3) is 0 Å². The zero-order chi connectivity index (χ0) is 18.5. The predicted octanol–water partition coefficient (Wildman–Crippen LogP) is 3.68. The van der Waals surface area contributed by atoms with Gasteiger partial charge in [0.25, 0.3) is 0 Å². The Kier molecular flexibility index (Phi) is 4.50. The number of ether oxygens (including phenoxy) is 1. The maximum atomic E-state index is 12.4. The van der Waals surface area contributed by atoms with Crippen LogP contribution in [-0.2, 0) is 16.6 Å². The van der Waals surface area contributed by atoms with Gasteiger partial charge in [-0.25, -0.2) is 0 Å². The number of phenolic OH excluding ortho intramolecular Hbond substituents is 1. The monoisotopic (exact) mass is 357 g/mol. The van der Waals surface area contributed by atoms with Gasteiger partial charge in [0.05, 0.1) is 7.11 Å². The number of ketones is 1. The van der Waals surface area contributed by atoms with Gasteiger partial charge in [0.15, 0.2) is 11.5 Å². The summed E-state index contributed by atoms with van der Waals surface area (Å²) in [6.07, 6.45) is 5.82. The third-order valence-corrected chi connectivity index (χ3v) is 7.09. The van der Waals surface area contributed by atoms with Crippen LogP contribution < -0.4 is 4.74 Å². The lowest BCUT2D eigenvalue weighted by Crippen LogP contribution is -2.55. The molecule has 0 amide bonds. The fourth-order valence-electron chi connectivity index (χ4n) is 5.62. The SMILES string of the molecule is CCN(CC1CC1)C1Cc2ccc(OC)c(O)c2[C@]2(C)CC(=O)CCC12. The Morgan fingerprint density at radius 1 is 1.31 bits per heavy atom. The van der Waals surface area contributed by atoms with Gasteiger partial charge in [-0.05, 0) is 55.7 Å². The summed E-state index contributed by atoms with van der Waals surface area (Å²) in [5, 5.41) is 10.9. The molecule has 4 nitrogen and oxygen atoms in total. The first-order valence-corrected chi connectivity index (χ1v) is 10.1. The number of carbonyl (C=O) groups excluding carboxylic acids is 1. The van der Waals surface area contributed by atoms with Crippen molar-refractivity contribution in [1.29, 1.82) is 0 Å². The molecule has 2 saturated carbocycles. The van der Waals surface area contributed by atoms with Crippen molar-refractivity contribution >= 4 is 5.78 Å². The highest BCUT2D eigenvalue weighted by molar-refractivity contribution is 5.82. The largest absolute Gasteiger partial charge is 0.504 e. The van der Waals surface area contributed by atoms with E-state index in [-0.39, 0.29) is 11.2 Å². The molecule has 3 atom stereocenters. The molecule has 142 valence electrons. The van der Waals surface area contributed by atoms with Crippen molar-refractivity contribution in [2.75, 3.05) is 20.2 Å². The molecule has 1 aromatic carbocycles. The van der Waals surface area contributed by atoms with Gasteiger partial charge >= 0.3 is 0 Å². The molecule has 26 heavy (non-hydrogen) atoms. The van der Waals surface area contributed by atoms with Gasteiger partial charge < -0.3 is 9.84 Å². The number of phenols is 1. The van der Waals surface area contributed by atoms with E-state index in [2.05, 4.69) is 24.8 Å². The lowest BCUT2D eigenvalue weighted by Gasteiger charge is -2.52. The maximum Gasteiger partial charge on any atom is 0.161 e. The minimum atomic E-state index is -0.302. The van der Waals surface area contributed by atoms with Crippen molar-refractivity contribution in [2.45, 2.75) is 63.8 Å². The fourth-order valence-corrected chi connectivity index (χ4v) is 5.62. The van der Waals surface area contributed by atoms with Crippen molar-refractivity contribution in [2.24, 2.45) is 11.8 Å². The van der Waals surface area contributed by atoms with Gasteiger partial charge in [-0.3, -0.25) is 9.69 Å². The zero-order valence-electron chi connectivity index (χ0n) is 16.3. The Labute approximate surface area is 156 Å². The van der Waals surface area contributed by atoms with E-state index in [0.29, 0.717) is 36.3 Å². The number of likely N-dealkylation sites (N-methyl/N-ethyl adjacent to an activating group) is 1. The quantitative estimate of drug-likeness (QED) is 0.873. The second-order valence-corrected chi connectivity index (χ2v) is 8.73. The second-order valence-electron chi connectivity index (χ2n) is 8.73. The second kappa shape index (κ2) is 6.56. The number of rotatable bonds is 5. The molecule has 3 aliphatic rings. The van der Waals surface area contributed by atoms with Gasteiger partial charge in [-0.15, -0.1) is 0 Å². The van der Waals surface area contributed by atoms with Gasteiger partial charge in [0.2, 0.25) is 0 Å². The molecule has 0 saturated heterocycles. The molecule has 0 heterocycles. The van der Waals surface area contributed by atoms with E-state index < -0.39 is 0 Å². The highest BCUT2D eigenvalue weighted by Gasteiger charge is 2.52. The van der Waals surface area contributed by atoms with Crippen molar-refractivity contribution in [3.8, 4) is 11.5 Å². The highest BCUT2D eigenvalue weighted by Crippen LogP contribution is 2.54. The average molecular weight is 357 g/mol. The summed E-state index contributed by atoms with van der Waals surface area (Å²) in [6, 6.07) is 4.43. The van der Waals surface area contributed by atoms with E-state index in [9.17, 15) is 9.90 Å². The Bertz CT molecular complexity index is 712. The molecule has 3 aliphatic carbocycles. The zero-order valence-corrected chi connectivity index (χ0v) is 16.3. The Hall–Kier alpha value is -1.55. The van der Waals surface area contributed by atoms with E-state index in [1.807, 2.05) is 6.07 Å². The minimum absolute atomic E-state index is 0.246. The molecule has 1 N–H and O–H groups in total. The molecule has 0 aromatic heterocycles. The van der Waals surface area contributed by atoms with Gasteiger partial charge in [0.1, 0.15) is 5.78 Å². The topological polar surface area (TPSA) is 49.8 Å². The lowest BCUT2D eigenvalue weighted by molar-refractivity contribution is -0.124. The van der Waals surface area contributed by atoms with Crippen LogP contribution in [0.3, 0.4) is 0 Å². The molecule has 2 fully saturated rings. The van der Waals surface area contributed by atoms with E-state index in [0.717, 1.165) is 30.9 Å². The number of aromatic hydroxyl groups is 1. The molecule has 1 aromatic rings. The lowest BCUT2D eigenvalue weighted by atomic mass is 9.55. The van der Waals surface area contributed by atoms with E-state index >= 15 is 0 Å². The molecular formula is C22H31NO3. The van der Waals surface area contributed by atoms with Crippen LogP contribution in [0.4, 0.5) is 0 Å². The Balaban J connectivity index is 1.79. The van der Waals surface area contributed by atoms with Crippen molar-refractivity contribution < 1.29 is 14.6 Å². The van der Waals surface area contributed by atoms with Crippen molar-refractivity contribution in [1.82, 2.24) is 4.90 Å². The molecule has 4 heteroatoms. The summed E-state index contributed by atoms with van der Waals surface area (Å²) < 4.78 is 5.37. The molecule has 0 aliphatic heterocycles. The van der Waals surface area contributed by atoms with Crippen LogP contribution in [0.5, 0.6) is 11.5 Å². The van der Waals surface area contributed by atoms with Crippen LogP contribution in [0, 0.1) is 11.8 Å². The number of benzene rings is 1. The third-order valence-electron chi connectivity index (χ3n) is 7.09. The molecule has 2 unspecified atom stereocenters. The van der Waals surface area contributed by atoms with Crippen LogP contribution >= 0.6 is 0 Å². The summed E-state index contributed by atoms with van der Waals surface area (Å²) in [7, 11) is 1.59. The number of fused-ring (bicyclic) bond motifs is 3. The highest BCUT2D eigenvalue weighted by atomic mass is 16.5. The summed E-state index contributed by atoms with van der Waals surface area (Å²) in [5.41, 5.74) is 1.85. The molecule has 4 rings (SSSR count). The van der Waals surface area contributed by atoms with Crippen LogP contribution in [-0.4, -0.2) is 42.0 Å². The Morgan fingerprint density at radius 2 is 2.08 bits per heavy atom. The standard InChI is InChI=1S/C22H31NO3/c1-4-23(13-14-5-6-14)18-11-15-7-10-19(26-3)21(25)20(15)22(2)12-16(24)8-9-17(18)22/h7,10,14,17-18,25H,4-6,8-9,11-13H2,1-3H3/t17?,18?,22-/m1/s1. The number of hydrogen-bond acceptors (Lipinski definition) is 4. The molecular weight excluding hydrogens is 326 g/mol. The van der Waals surface area contributed by atoms with E-state index in [1.165, 1.54) is 24.9 Å². The van der Waals surface area contributed by atoms with Crippen molar-refractivity contribution in [3.63, 3.8) is 0 Å². The van der Waals surface area contributed by atoms with Gasteiger partial charge in [0, 0.05) is 36.4 Å². The Morgan fingerprint density at radius 3 is 2.73 bits per heavy atom.